The van der Waals surface area contributed by atoms with Gasteiger partial charge in [0.05, 0.1) is 12.6 Å². The lowest BCUT2D eigenvalue weighted by Gasteiger charge is -2.31. The van der Waals surface area contributed by atoms with Gasteiger partial charge in [-0.25, -0.2) is 0 Å². The number of methoxy groups -OCH3 is 1. The van der Waals surface area contributed by atoms with Crippen LogP contribution in [0.4, 0.5) is 0 Å². The molecule has 2 rings (SSSR count). The Morgan fingerprint density at radius 3 is 2.67 bits per heavy atom. The summed E-state index contributed by atoms with van der Waals surface area (Å²) in [6, 6.07) is 11.6. The Labute approximate surface area is 110 Å². The van der Waals surface area contributed by atoms with Crippen molar-refractivity contribution in [3.63, 3.8) is 0 Å². The van der Waals surface area contributed by atoms with Crippen LogP contribution in [0, 0.1) is 5.92 Å². The molecule has 0 aromatic heterocycles. The van der Waals surface area contributed by atoms with Gasteiger partial charge in [0.2, 0.25) is 0 Å². The largest absolute Gasteiger partial charge is 0.383 e. The number of likely N-dealkylation sites (tertiary alicyclic amines) is 1. The Kier molecular flexibility index (Phi) is 4.75. The number of nitrogens with zero attached hydrogens (tertiary/aromatic N) is 1. The van der Waals surface area contributed by atoms with Crippen LogP contribution in [0.3, 0.4) is 0 Å². The predicted molar refractivity (Wildman–Crippen MR) is 74.4 cm³/mol. The number of rotatable bonds is 5. The fourth-order valence-corrected chi connectivity index (χ4v) is 2.99. The molecule has 0 spiro atoms. The summed E-state index contributed by atoms with van der Waals surface area (Å²) in [6.45, 7) is 4.91. The van der Waals surface area contributed by atoms with E-state index in [0.717, 1.165) is 19.7 Å². The smallest absolute Gasteiger partial charge is 0.0659 e. The van der Waals surface area contributed by atoms with Crippen LogP contribution in [0.1, 0.15) is 24.9 Å². The van der Waals surface area contributed by atoms with Crippen LogP contribution in [-0.4, -0.2) is 37.7 Å². The summed E-state index contributed by atoms with van der Waals surface area (Å²) in [5.41, 5.74) is 7.15. The van der Waals surface area contributed by atoms with E-state index in [9.17, 15) is 0 Å². The average Bonchev–Trinajstić information content (AvgIpc) is 2.78. The highest BCUT2D eigenvalue weighted by atomic mass is 16.5. The van der Waals surface area contributed by atoms with Gasteiger partial charge in [-0.15, -0.1) is 0 Å². The van der Waals surface area contributed by atoms with Crippen molar-refractivity contribution in [3.05, 3.63) is 35.9 Å². The van der Waals surface area contributed by atoms with Gasteiger partial charge in [0.15, 0.2) is 0 Å². The lowest BCUT2D eigenvalue weighted by atomic mass is 10.1. The van der Waals surface area contributed by atoms with Crippen molar-refractivity contribution in [2.45, 2.75) is 25.4 Å². The molecule has 100 valence electrons. The highest BCUT2D eigenvalue weighted by Crippen LogP contribution is 2.31. The van der Waals surface area contributed by atoms with Crippen molar-refractivity contribution in [2.24, 2.45) is 11.7 Å². The maximum atomic E-state index is 5.81. The first-order valence-electron chi connectivity index (χ1n) is 6.76. The highest BCUT2D eigenvalue weighted by Gasteiger charge is 2.33. The predicted octanol–water partition coefficient (Wildman–Crippen LogP) is 2.04. The Morgan fingerprint density at radius 1 is 1.39 bits per heavy atom. The second kappa shape index (κ2) is 6.32. The monoisotopic (exact) mass is 248 g/mol. The normalized spacial score (nSPS) is 26.4. The third kappa shape index (κ3) is 2.91. The van der Waals surface area contributed by atoms with Crippen LogP contribution < -0.4 is 5.73 Å². The third-order valence-corrected chi connectivity index (χ3v) is 3.95. The first-order chi connectivity index (χ1) is 8.76. The molecule has 0 saturated carbocycles. The Hall–Kier alpha value is -0.900. The molecule has 2 N–H and O–H groups in total. The van der Waals surface area contributed by atoms with Gasteiger partial charge >= 0.3 is 0 Å². The minimum Gasteiger partial charge on any atom is -0.383 e. The number of hydrogen-bond donors (Lipinski definition) is 1. The first-order valence-corrected chi connectivity index (χ1v) is 6.76. The second-order valence-electron chi connectivity index (χ2n) is 5.27. The van der Waals surface area contributed by atoms with Crippen LogP contribution in [-0.2, 0) is 4.74 Å². The number of nitrogens with two attached hydrogens (primary N) is 1. The molecule has 1 heterocycles. The van der Waals surface area contributed by atoms with Gasteiger partial charge in [-0.1, -0.05) is 30.3 Å². The standard InChI is InChI=1S/C15H24N2O/c1-12-8-13(9-16)10-17(12)15(11-18-2)14-6-4-3-5-7-14/h3-7,12-13,15H,8-11,16H2,1-2H3. The molecule has 1 aromatic rings. The van der Waals surface area contributed by atoms with Crippen LogP contribution in [0.15, 0.2) is 30.3 Å². The summed E-state index contributed by atoms with van der Waals surface area (Å²) in [5, 5.41) is 0. The Morgan fingerprint density at radius 2 is 2.11 bits per heavy atom. The van der Waals surface area contributed by atoms with Gasteiger partial charge < -0.3 is 10.5 Å². The van der Waals surface area contributed by atoms with Crippen molar-refractivity contribution in [1.29, 1.82) is 0 Å². The fraction of sp³-hybridized carbons (Fsp3) is 0.600. The van der Waals surface area contributed by atoms with E-state index in [4.69, 9.17) is 10.5 Å². The van der Waals surface area contributed by atoms with Gasteiger partial charge in [-0.3, -0.25) is 4.90 Å². The van der Waals surface area contributed by atoms with Crippen molar-refractivity contribution in [1.82, 2.24) is 4.90 Å². The van der Waals surface area contributed by atoms with Crippen molar-refractivity contribution >= 4 is 0 Å². The van der Waals surface area contributed by atoms with Crippen molar-refractivity contribution < 1.29 is 4.74 Å². The van der Waals surface area contributed by atoms with E-state index in [1.54, 1.807) is 7.11 Å². The molecule has 1 aliphatic rings. The molecular weight excluding hydrogens is 224 g/mol. The van der Waals surface area contributed by atoms with Gasteiger partial charge in [-0.2, -0.15) is 0 Å². The van der Waals surface area contributed by atoms with Crippen LogP contribution in [0.2, 0.25) is 0 Å². The highest BCUT2D eigenvalue weighted by molar-refractivity contribution is 5.20. The molecule has 0 amide bonds. The lowest BCUT2D eigenvalue weighted by molar-refractivity contribution is 0.0842. The summed E-state index contributed by atoms with van der Waals surface area (Å²) >= 11 is 0. The van der Waals surface area contributed by atoms with E-state index in [2.05, 4.69) is 42.2 Å². The van der Waals surface area contributed by atoms with Crippen molar-refractivity contribution in [3.8, 4) is 0 Å². The molecular formula is C15H24N2O. The Bertz CT molecular complexity index is 355. The van der Waals surface area contributed by atoms with Gasteiger partial charge in [0, 0.05) is 19.7 Å². The molecule has 18 heavy (non-hydrogen) atoms. The van der Waals surface area contributed by atoms with Crippen molar-refractivity contribution in [2.75, 3.05) is 26.8 Å². The zero-order valence-electron chi connectivity index (χ0n) is 11.4. The van der Waals surface area contributed by atoms with Gasteiger partial charge in [0.25, 0.3) is 0 Å². The zero-order valence-corrected chi connectivity index (χ0v) is 11.4. The summed E-state index contributed by atoms with van der Waals surface area (Å²) in [7, 11) is 1.77. The SMILES string of the molecule is COCC(c1ccccc1)N1CC(CN)CC1C. The first kappa shape index (κ1) is 13.5. The van der Waals surface area contributed by atoms with E-state index in [-0.39, 0.29) is 0 Å². The molecule has 0 aliphatic carbocycles. The summed E-state index contributed by atoms with van der Waals surface area (Å²) < 4.78 is 5.42. The van der Waals surface area contributed by atoms with E-state index in [1.807, 2.05) is 0 Å². The maximum absolute atomic E-state index is 5.81. The lowest BCUT2D eigenvalue weighted by Crippen LogP contribution is -2.34. The second-order valence-corrected chi connectivity index (χ2v) is 5.27. The molecule has 1 aliphatic heterocycles. The summed E-state index contributed by atoms with van der Waals surface area (Å²) in [6.07, 6.45) is 1.20. The molecule has 3 heteroatoms. The molecule has 3 unspecified atom stereocenters. The number of benzene rings is 1. The topological polar surface area (TPSA) is 38.5 Å². The van der Waals surface area contributed by atoms with Crippen LogP contribution in [0.5, 0.6) is 0 Å². The molecule has 0 bridgehead atoms. The summed E-state index contributed by atoms with van der Waals surface area (Å²) in [4.78, 5) is 2.54. The molecule has 1 saturated heterocycles. The molecule has 3 nitrogen and oxygen atoms in total. The zero-order chi connectivity index (χ0) is 13.0. The molecule has 1 aromatic carbocycles. The van der Waals surface area contributed by atoms with E-state index < -0.39 is 0 Å². The van der Waals surface area contributed by atoms with Gasteiger partial charge in [0.1, 0.15) is 0 Å². The third-order valence-electron chi connectivity index (χ3n) is 3.95. The van der Waals surface area contributed by atoms with E-state index in [1.165, 1.54) is 12.0 Å². The summed E-state index contributed by atoms with van der Waals surface area (Å²) in [5.74, 6) is 0.628. The quantitative estimate of drug-likeness (QED) is 0.866. The number of hydrogen-bond acceptors (Lipinski definition) is 3. The van der Waals surface area contributed by atoms with E-state index >= 15 is 0 Å². The van der Waals surface area contributed by atoms with Crippen LogP contribution in [0.25, 0.3) is 0 Å². The maximum Gasteiger partial charge on any atom is 0.0659 e. The van der Waals surface area contributed by atoms with Crippen LogP contribution >= 0.6 is 0 Å². The Balaban J connectivity index is 2.15. The molecule has 1 fully saturated rings. The average molecular weight is 248 g/mol. The minimum absolute atomic E-state index is 0.350. The molecule has 3 atom stereocenters. The number of ether oxygens (including phenoxy) is 1. The fourth-order valence-electron chi connectivity index (χ4n) is 2.99. The molecule has 0 radical (unpaired) electrons. The van der Waals surface area contributed by atoms with E-state index in [0.29, 0.717) is 18.0 Å². The minimum atomic E-state index is 0.350. The van der Waals surface area contributed by atoms with Gasteiger partial charge in [-0.05, 0) is 31.4 Å².